The number of carbonyl (C=O) groups excluding carboxylic acids is 1. The number of nitrogens with one attached hydrogen (secondary N) is 1. The maximum Gasteiger partial charge on any atom is 0.249 e. The summed E-state index contributed by atoms with van der Waals surface area (Å²) in [4.78, 5) is 11.8. The molecular formula is C14H27NO2. The average Bonchev–Trinajstić information content (AvgIpc) is 2.88. The fourth-order valence-electron chi connectivity index (χ4n) is 2.48. The standard InChI is InChI=1S/C12H21NO2.C2H6/c1-9-4-6-10(7-5-9)13-12(14)11-3-2-8-15-11;1-2/h9-11H,2-8H2,1H3,(H,13,14);1-2H3. The van der Waals surface area contributed by atoms with E-state index in [4.69, 9.17) is 4.74 Å². The van der Waals surface area contributed by atoms with E-state index in [-0.39, 0.29) is 12.0 Å². The third-order valence-electron chi connectivity index (χ3n) is 3.58. The molecule has 0 radical (unpaired) electrons. The summed E-state index contributed by atoms with van der Waals surface area (Å²) in [5.41, 5.74) is 0. The van der Waals surface area contributed by atoms with E-state index in [1.54, 1.807) is 0 Å². The number of carbonyl (C=O) groups is 1. The first-order chi connectivity index (χ1) is 8.25. The minimum Gasteiger partial charge on any atom is -0.368 e. The lowest BCUT2D eigenvalue weighted by molar-refractivity contribution is -0.131. The van der Waals surface area contributed by atoms with Crippen LogP contribution < -0.4 is 5.32 Å². The first-order valence-electron chi connectivity index (χ1n) is 7.17. The number of hydrogen-bond donors (Lipinski definition) is 1. The Morgan fingerprint density at radius 2 is 1.76 bits per heavy atom. The van der Waals surface area contributed by atoms with Gasteiger partial charge in [0.2, 0.25) is 5.91 Å². The molecule has 1 amide bonds. The molecule has 1 heterocycles. The highest BCUT2D eigenvalue weighted by atomic mass is 16.5. The molecule has 0 aromatic heterocycles. The monoisotopic (exact) mass is 241 g/mol. The Morgan fingerprint density at radius 3 is 2.29 bits per heavy atom. The van der Waals surface area contributed by atoms with E-state index in [2.05, 4.69) is 12.2 Å². The highest BCUT2D eigenvalue weighted by molar-refractivity contribution is 5.81. The van der Waals surface area contributed by atoms with Crippen LogP contribution in [0.25, 0.3) is 0 Å². The predicted octanol–water partition coefficient (Wildman–Crippen LogP) is 2.89. The van der Waals surface area contributed by atoms with Gasteiger partial charge in [0.25, 0.3) is 0 Å². The van der Waals surface area contributed by atoms with Crippen molar-refractivity contribution >= 4 is 5.91 Å². The summed E-state index contributed by atoms with van der Waals surface area (Å²) in [6.45, 7) is 7.04. The third kappa shape index (κ3) is 4.66. The first kappa shape index (κ1) is 14.5. The molecule has 2 rings (SSSR count). The molecule has 3 nitrogen and oxygen atoms in total. The number of hydrogen-bond acceptors (Lipinski definition) is 2. The minimum atomic E-state index is -0.163. The van der Waals surface area contributed by atoms with Crippen LogP contribution in [0.3, 0.4) is 0 Å². The lowest BCUT2D eigenvalue weighted by atomic mass is 9.87. The minimum absolute atomic E-state index is 0.118. The van der Waals surface area contributed by atoms with E-state index in [0.717, 1.165) is 38.2 Å². The van der Waals surface area contributed by atoms with Crippen molar-refractivity contribution in [3.05, 3.63) is 0 Å². The van der Waals surface area contributed by atoms with Gasteiger partial charge in [0.05, 0.1) is 0 Å². The van der Waals surface area contributed by atoms with Crippen LogP contribution in [-0.2, 0) is 9.53 Å². The van der Waals surface area contributed by atoms with Crippen LogP contribution >= 0.6 is 0 Å². The second kappa shape index (κ2) is 7.70. The molecule has 2 fully saturated rings. The second-order valence-corrected chi connectivity index (χ2v) is 4.97. The molecule has 2 aliphatic rings. The van der Waals surface area contributed by atoms with Gasteiger partial charge in [-0.3, -0.25) is 4.79 Å². The fourth-order valence-corrected chi connectivity index (χ4v) is 2.48. The third-order valence-corrected chi connectivity index (χ3v) is 3.58. The summed E-state index contributed by atoms with van der Waals surface area (Å²) >= 11 is 0. The molecule has 1 saturated heterocycles. The topological polar surface area (TPSA) is 38.3 Å². The van der Waals surface area contributed by atoms with Crippen molar-refractivity contribution in [3.8, 4) is 0 Å². The van der Waals surface area contributed by atoms with E-state index in [1.165, 1.54) is 12.8 Å². The van der Waals surface area contributed by atoms with Gasteiger partial charge in [0, 0.05) is 12.6 Å². The van der Waals surface area contributed by atoms with Crippen LogP contribution in [0.2, 0.25) is 0 Å². The lowest BCUT2D eigenvalue weighted by Gasteiger charge is -2.27. The number of ether oxygens (including phenoxy) is 1. The summed E-state index contributed by atoms with van der Waals surface area (Å²) in [7, 11) is 0. The van der Waals surface area contributed by atoms with Gasteiger partial charge in [-0.25, -0.2) is 0 Å². The Bertz CT molecular complexity index is 216. The zero-order chi connectivity index (χ0) is 12.7. The Hall–Kier alpha value is -0.570. The largest absolute Gasteiger partial charge is 0.368 e. The maximum atomic E-state index is 11.8. The average molecular weight is 241 g/mol. The summed E-state index contributed by atoms with van der Waals surface area (Å²) in [6.07, 6.45) is 6.53. The zero-order valence-electron chi connectivity index (χ0n) is 11.5. The van der Waals surface area contributed by atoms with Crippen LogP contribution in [0.15, 0.2) is 0 Å². The van der Waals surface area contributed by atoms with Crippen molar-refractivity contribution < 1.29 is 9.53 Å². The molecule has 0 aromatic rings. The fraction of sp³-hybridized carbons (Fsp3) is 0.929. The van der Waals surface area contributed by atoms with Crippen molar-refractivity contribution in [3.63, 3.8) is 0 Å². The molecule has 0 spiro atoms. The van der Waals surface area contributed by atoms with Gasteiger partial charge in [-0.15, -0.1) is 0 Å². The smallest absolute Gasteiger partial charge is 0.249 e. The normalized spacial score (nSPS) is 32.5. The van der Waals surface area contributed by atoms with Crippen LogP contribution in [0.1, 0.15) is 59.3 Å². The summed E-state index contributed by atoms with van der Waals surface area (Å²) in [6, 6.07) is 0.401. The predicted molar refractivity (Wildman–Crippen MR) is 69.9 cm³/mol. The summed E-state index contributed by atoms with van der Waals surface area (Å²) in [5, 5.41) is 3.12. The van der Waals surface area contributed by atoms with Crippen LogP contribution in [0, 0.1) is 5.92 Å². The number of rotatable bonds is 2. The lowest BCUT2D eigenvalue weighted by Crippen LogP contribution is -2.42. The Balaban J connectivity index is 0.000000686. The van der Waals surface area contributed by atoms with E-state index < -0.39 is 0 Å². The molecule has 3 heteroatoms. The SMILES string of the molecule is CC.CC1CCC(NC(=O)C2CCCO2)CC1. The van der Waals surface area contributed by atoms with E-state index in [0.29, 0.717) is 6.04 Å². The first-order valence-corrected chi connectivity index (χ1v) is 7.17. The summed E-state index contributed by atoms with van der Waals surface area (Å²) < 4.78 is 5.37. The van der Waals surface area contributed by atoms with E-state index >= 15 is 0 Å². The quantitative estimate of drug-likeness (QED) is 0.807. The Morgan fingerprint density at radius 1 is 1.12 bits per heavy atom. The van der Waals surface area contributed by atoms with Gasteiger partial charge < -0.3 is 10.1 Å². The molecule has 1 N–H and O–H groups in total. The molecule has 1 atom stereocenters. The Kier molecular flexibility index (Phi) is 6.56. The summed E-state index contributed by atoms with van der Waals surface area (Å²) in [5.74, 6) is 0.952. The van der Waals surface area contributed by atoms with Crippen molar-refractivity contribution in [2.24, 2.45) is 5.92 Å². The van der Waals surface area contributed by atoms with Crippen LogP contribution in [0.4, 0.5) is 0 Å². The maximum absolute atomic E-state index is 11.8. The van der Waals surface area contributed by atoms with Crippen molar-refractivity contribution in [2.45, 2.75) is 71.4 Å². The molecule has 1 aliphatic heterocycles. The highest BCUT2D eigenvalue weighted by Gasteiger charge is 2.26. The van der Waals surface area contributed by atoms with Crippen molar-refractivity contribution in [1.82, 2.24) is 5.32 Å². The molecule has 0 bridgehead atoms. The van der Waals surface area contributed by atoms with Gasteiger partial charge in [0.1, 0.15) is 6.10 Å². The molecule has 17 heavy (non-hydrogen) atoms. The second-order valence-electron chi connectivity index (χ2n) is 4.97. The van der Waals surface area contributed by atoms with Gasteiger partial charge >= 0.3 is 0 Å². The van der Waals surface area contributed by atoms with Gasteiger partial charge in [-0.2, -0.15) is 0 Å². The molecule has 0 aromatic carbocycles. The highest BCUT2D eigenvalue weighted by Crippen LogP contribution is 2.23. The van der Waals surface area contributed by atoms with Crippen LogP contribution in [0.5, 0.6) is 0 Å². The van der Waals surface area contributed by atoms with E-state index in [1.807, 2.05) is 13.8 Å². The van der Waals surface area contributed by atoms with Crippen molar-refractivity contribution in [2.75, 3.05) is 6.61 Å². The molecule has 1 saturated carbocycles. The van der Waals surface area contributed by atoms with Crippen molar-refractivity contribution in [1.29, 1.82) is 0 Å². The zero-order valence-corrected chi connectivity index (χ0v) is 11.5. The van der Waals surface area contributed by atoms with Gasteiger partial charge in [-0.1, -0.05) is 20.8 Å². The number of amides is 1. The molecule has 1 aliphatic carbocycles. The molecular weight excluding hydrogens is 214 g/mol. The van der Waals surface area contributed by atoms with Gasteiger partial charge in [0.15, 0.2) is 0 Å². The van der Waals surface area contributed by atoms with Gasteiger partial charge in [-0.05, 0) is 44.4 Å². The van der Waals surface area contributed by atoms with Crippen LogP contribution in [-0.4, -0.2) is 24.7 Å². The van der Waals surface area contributed by atoms with E-state index in [9.17, 15) is 4.79 Å². The molecule has 100 valence electrons. The Labute approximate surface area is 105 Å². The molecule has 1 unspecified atom stereocenters.